The van der Waals surface area contributed by atoms with Crippen molar-refractivity contribution >= 4 is 24.0 Å². The molecule has 9 nitrogen and oxygen atoms in total. The van der Waals surface area contributed by atoms with Gasteiger partial charge < -0.3 is 18.9 Å². The standard InChI is InChI=1S/C25H26N4O5/c1-31-21-8-17(9-22(13-21)32-2)15-26-28-20-7-5-6-19(12-20)25(30)29-27-16-18-10-23(33-3)14-24(11-18)34-4/h5-16,28H,1-4H3,(H,29,30)/b26-15+,27-16+. The topological polar surface area (TPSA) is 103 Å². The number of hydrogen-bond donors (Lipinski definition) is 2. The van der Waals surface area contributed by atoms with E-state index in [1.54, 1.807) is 83.2 Å². The molecule has 0 saturated carbocycles. The van der Waals surface area contributed by atoms with Crippen molar-refractivity contribution in [2.45, 2.75) is 0 Å². The number of anilines is 1. The summed E-state index contributed by atoms with van der Waals surface area (Å²) in [6.45, 7) is 0. The van der Waals surface area contributed by atoms with Crippen LogP contribution in [0.3, 0.4) is 0 Å². The average molecular weight is 463 g/mol. The number of hydrogen-bond acceptors (Lipinski definition) is 8. The molecule has 0 aliphatic heterocycles. The Bertz CT molecular complexity index is 1150. The predicted molar refractivity (Wildman–Crippen MR) is 132 cm³/mol. The number of methoxy groups -OCH3 is 4. The van der Waals surface area contributed by atoms with Crippen LogP contribution in [0.2, 0.25) is 0 Å². The highest BCUT2D eigenvalue weighted by Gasteiger charge is 2.06. The van der Waals surface area contributed by atoms with E-state index in [0.717, 1.165) is 11.1 Å². The summed E-state index contributed by atoms with van der Waals surface area (Å²) >= 11 is 0. The van der Waals surface area contributed by atoms with Gasteiger partial charge in [0.15, 0.2) is 0 Å². The lowest BCUT2D eigenvalue weighted by Gasteiger charge is -2.06. The number of nitrogens with one attached hydrogen (secondary N) is 2. The normalized spacial score (nSPS) is 10.8. The van der Waals surface area contributed by atoms with Gasteiger partial charge in [0, 0.05) is 28.8 Å². The van der Waals surface area contributed by atoms with Gasteiger partial charge in [-0.25, -0.2) is 5.43 Å². The first-order valence-electron chi connectivity index (χ1n) is 10.2. The van der Waals surface area contributed by atoms with Crippen LogP contribution in [0.5, 0.6) is 23.0 Å². The summed E-state index contributed by atoms with van der Waals surface area (Å²) < 4.78 is 21.0. The summed E-state index contributed by atoms with van der Waals surface area (Å²) in [6.07, 6.45) is 3.14. The van der Waals surface area contributed by atoms with Crippen LogP contribution >= 0.6 is 0 Å². The Morgan fingerprint density at radius 2 is 1.21 bits per heavy atom. The molecule has 3 aromatic rings. The van der Waals surface area contributed by atoms with Gasteiger partial charge in [0.25, 0.3) is 5.91 Å². The SMILES string of the molecule is COc1cc(/C=N/NC(=O)c2cccc(N/N=C/c3cc(OC)cc(OC)c3)c2)cc(OC)c1. The molecule has 176 valence electrons. The van der Waals surface area contributed by atoms with E-state index in [0.29, 0.717) is 34.2 Å². The number of ether oxygens (including phenoxy) is 4. The maximum Gasteiger partial charge on any atom is 0.271 e. The second-order valence-corrected chi connectivity index (χ2v) is 6.94. The Morgan fingerprint density at radius 3 is 1.71 bits per heavy atom. The minimum absolute atomic E-state index is 0.365. The van der Waals surface area contributed by atoms with Crippen LogP contribution in [-0.2, 0) is 0 Å². The number of carbonyl (C=O) groups excluding carboxylic acids is 1. The summed E-state index contributed by atoms with van der Waals surface area (Å²) in [5.41, 5.74) is 7.99. The number of rotatable bonds is 10. The maximum absolute atomic E-state index is 12.5. The smallest absolute Gasteiger partial charge is 0.271 e. The minimum atomic E-state index is -0.365. The number of benzene rings is 3. The molecule has 3 aromatic carbocycles. The fourth-order valence-corrected chi connectivity index (χ4v) is 2.95. The molecule has 3 rings (SSSR count). The first-order valence-corrected chi connectivity index (χ1v) is 10.2. The molecule has 2 N–H and O–H groups in total. The lowest BCUT2D eigenvalue weighted by molar-refractivity contribution is 0.0955. The second kappa shape index (κ2) is 11.9. The lowest BCUT2D eigenvalue weighted by atomic mass is 10.2. The largest absolute Gasteiger partial charge is 0.497 e. The van der Waals surface area contributed by atoms with Crippen molar-refractivity contribution in [1.82, 2.24) is 5.43 Å². The molecule has 0 atom stereocenters. The molecule has 0 unspecified atom stereocenters. The summed E-state index contributed by atoms with van der Waals surface area (Å²) in [4.78, 5) is 12.5. The average Bonchev–Trinajstić information content (AvgIpc) is 2.88. The number of carbonyl (C=O) groups is 1. The van der Waals surface area contributed by atoms with Crippen LogP contribution < -0.4 is 29.8 Å². The molecule has 0 fully saturated rings. The number of hydrazone groups is 2. The molecular formula is C25H26N4O5. The molecule has 0 spiro atoms. The van der Waals surface area contributed by atoms with Crippen LogP contribution in [-0.4, -0.2) is 46.8 Å². The Hall–Kier alpha value is -4.53. The molecule has 0 saturated heterocycles. The van der Waals surface area contributed by atoms with Gasteiger partial charge in [-0.1, -0.05) is 6.07 Å². The maximum atomic E-state index is 12.5. The third kappa shape index (κ3) is 6.73. The highest BCUT2D eigenvalue weighted by molar-refractivity contribution is 5.95. The van der Waals surface area contributed by atoms with Crippen LogP contribution in [0.4, 0.5) is 5.69 Å². The minimum Gasteiger partial charge on any atom is -0.497 e. The van der Waals surface area contributed by atoms with Gasteiger partial charge in [0.1, 0.15) is 23.0 Å². The van der Waals surface area contributed by atoms with E-state index in [4.69, 9.17) is 18.9 Å². The molecule has 34 heavy (non-hydrogen) atoms. The highest BCUT2D eigenvalue weighted by Crippen LogP contribution is 2.22. The number of nitrogens with zero attached hydrogens (tertiary/aromatic N) is 2. The molecule has 0 aliphatic carbocycles. The van der Waals surface area contributed by atoms with Crippen LogP contribution in [0.25, 0.3) is 0 Å². The van der Waals surface area contributed by atoms with Crippen molar-refractivity contribution in [2.75, 3.05) is 33.9 Å². The van der Waals surface area contributed by atoms with E-state index >= 15 is 0 Å². The van der Waals surface area contributed by atoms with E-state index in [-0.39, 0.29) is 5.91 Å². The van der Waals surface area contributed by atoms with Crippen molar-refractivity contribution in [3.05, 3.63) is 77.4 Å². The Labute approximate surface area is 198 Å². The summed E-state index contributed by atoms with van der Waals surface area (Å²) in [5, 5.41) is 8.25. The molecule has 0 aliphatic rings. The van der Waals surface area contributed by atoms with Gasteiger partial charge >= 0.3 is 0 Å². The van der Waals surface area contributed by atoms with E-state index in [1.165, 1.54) is 6.21 Å². The van der Waals surface area contributed by atoms with Gasteiger partial charge in [-0.15, -0.1) is 0 Å². The third-order valence-corrected chi connectivity index (χ3v) is 4.66. The Morgan fingerprint density at radius 1 is 0.706 bits per heavy atom. The van der Waals surface area contributed by atoms with Crippen molar-refractivity contribution in [1.29, 1.82) is 0 Å². The van der Waals surface area contributed by atoms with Crippen molar-refractivity contribution in [2.24, 2.45) is 10.2 Å². The third-order valence-electron chi connectivity index (χ3n) is 4.66. The highest BCUT2D eigenvalue weighted by atomic mass is 16.5. The second-order valence-electron chi connectivity index (χ2n) is 6.94. The molecule has 0 bridgehead atoms. The molecule has 1 amide bonds. The molecule has 0 aromatic heterocycles. The van der Waals surface area contributed by atoms with Crippen LogP contribution in [0, 0.1) is 0 Å². The van der Waals surface area contributed by atoms with Crippen molar-refractivity contribution < 1.29 is 23.7 Å². The quantitative estimate of drug-likeness (QED) is 0.350. The van der Waals surface area contributed by atoms with Gasteiger partial charge in [-0.05, 0) is 42.5 Å². The van der Waals surface area contributed by atoms with Crippen LogP contribution in [0.1, 0.15) is 21.5 Å². The monoisotopic (exact) mass is 462 g/mol. The lowest BCUT2D eigenvalue weighted by Crippen LogP contribution is -2.17. The zero-order valence-electron chi connectivity index (χ0n) is 19.4. The fourth-order valence-electron chi connectivity index (χ4n) is 2.95. The molecule has 9 heteroatoms. The van der Waals surface area contributed by atoms with E-state index in [9.17, 15) is 4.79 Å². The zero-order chi connectivity index (χ0) is 24.3. The van der Waals surface area contributed by atoms with E-state index < -0.39 is 0 Å². The first-order chi connectivity index (χ1) is 16.5. The van der Waals surface area contributed by atoms with Crippen molar-refractivity contribution in [3.63, 3.8) is 0 Å². The zero-order valence-corrected chi connectivity index (χ0v) is 19.4. The Balaban J connectivity index is 1.63. The summed E-state index contributed by atoms with van der Waals surface area (Å²) in [6, 6.07) is 17.6. The Kier molecular flexibility index (Phi) is 8.45. The van der Waals surface area contributed by atoms with Crippen LogP contribution in [0.15, 0.2) is 70.9 Å². The fraction of sp³-hybridized carbons (Fsp3) is 0.160. The van der Waals surface area contributed by atoms with Gasteiger partial charge in [-0.3, -0.25) is 10.2 Å². The number of amides is 1. The summed E-state index contributed by atoms with van der Waals surface area (Å²) in [5.74, 6) is 2.20. The van der Waals surface area contributed by atoms with E-state index in [1.807, 2.05) is 12.1 Å². The van der Waals surface area contributed by atoms with E-state index in [2.05, 4.69) is 21.1 Å². The molecule has 0 heterocycles. The first kappa shape index (κ1) is 24.1. The van der Waals surface area contributed by atoms with Gasteiger partial charge in [0.2, 0.25) is 0 Å². The van der Waals surface area contributed by atoms with Crippen molar-refractivity contribution in [3.8, 4) is 23.0 Å². The van der Waals surface area contributed by atoms with Gasteiger partial charge in [0.05, 0.1) is 46.6 Å². The summed E-state index contributed by atoms with van der Waals surface area (Å²) in [7, 11) is 6.30. The predicted octanol–water partition coefficient (Wildman–Crippen LogP) is 3.93. The molecular weight excluding hydrogens is 436 g/mol. The molecule has 0 radical (unpaired) electrons. The van der Waals surface area contributed by atoms with Gasteiger partial charge in [-0.2, -0.15) is 10.2 Å².